The Labute approximate surface area is 131 Å². The van der Waals surface area contributed by atoms with Crippen LogP contribution in [0.15, 0.2) is 29.1 Å². The molecule has 0 atom stereocenters. The molecule has 2 heterocycles. The summed E-state index contributed by atoms with van der Waals surface area (Å²) in [5, 5.41) is 4.24. The van der Waals surface area contributed by atoms with Crippen molar-refractivity contribution in [2.45, 2.75) is 39.3 Å². The first-order chi connectivity index (χ1) is 10.5. The topological polar surface area (TPSA) is 43.1 Å². The average molecular weight is 300 g/mol. The zero-order valence-corrected chi connectivity index (χ0v) is 13.6. The normalized spacial score (nSPS) is 17.0. The molecule has 118 valence electrons. The molecule has 1 aromatic carbocycles. The minimum Gasteiger partial charge on any atom is -0.299 e. The summed E-state index contributed by atoms with van der Waals surface area (Å²) in [5.41, 5.74) is 2.69. The van der Waals surface area contributed by atoms with Gasteiger partial charge in [-0.3, -0.25) is 9.47 Å². The quantitative estimate of drug-likeness (QED) is 0.871. The lowest BCUT2D eigenvalue weighted by molar-refractivity contribution is 0.176. The third-order valence-corrected chi connectivity index (χ3v) is 4.54. The molecule has 0 spiro atoms. The van der Waals surface area contributed by atoms with E-state index in [2.05, 4.69) is 41.2 Å². The number of likely N-dealkylation sites (tertiary alicyclic amines) is 1. The van der Waals surface area contributed by atoms with Crippen molar-refractivity contribution in [2.24, 2.45) is 7.05 Å². The van der Waals surface area contributed by atoms with Crippen molar-refractivity contribution in [1.82, 2.24) is 19.2 Å². The maximum atomic E-state index is 12.1. The van der Waals surface area contributed by atoms with Gasteiger partial charge in [0.1, 0.15) is 5.82 Å². The molecule has 0 aliphatic carbocycles. The number of hydrogen-bond donors (Lipinski definition) is 0. The molecule has 0 radical (unpaired) electrons. The van der Waals surface area contributed by atoms with Crippen LogP contribution in [-0.2, 0) is 13.6 Å². The van der Waals surface area contributed by atoms with Crippen molar-refractivity contribution in [3.8, 4) is 0 Å². The van der Waals surface area contributed by atoms with Crippen LogP contribution < -0.4 is 5.69 Å². The second kappa shape index (κ2) is 6.08. The maximum absolute atomic E-state index is 12.1. The second-order valence-electron chi connectivity index (χ2n) is 6.32. The Morgan fingerprint density at radius 1 is 1.23 bits per heavy atom. The Morgan fingerprint density at radius 2 is 1.95 bits per heavy atom. The van der Waals surface area contributed by atoms with Gasteiger partial charge in [-0.15, -0.1) is 0 Å². The molecular formula is C17H24N4O. The van der Waals surface area contributed by atoms with E-state index in [-0.39, 0.29) is 11.7 Å². The zero-order chi connectivity index (χ0) is 15.7. The van der Waals surface area contributed by atoms with Crippen LogP contribution in [0.4, 0.5) is 0 Å². The number of aromatic nitrogens is 3. The molecule has 1 fully saturated rings. The van der Waals surface area contributed by atoms with Gasteiger partial charge >= 0.3 is 5.69 Å². The smallest absolute Gasteiger partial charge is 0.299 e. The van der Waals surface area contributed by atoms with Gasteiger partial charge in [0, 0.05) is 32.7 Å². The van der Waals surface area contributed by atoms with Crippen LogP contribution in [-0.4, -0.2) is 32.3 Å². The molecule has 1 aliphatic heterocycles. The average Bonchev–Trinajstić information content (AvgIpc) is 2.73. The zero-order valence-electron chi connectivity index (χ0n) is 13.6. The van der Waals surface area contributed by atoms with Crippen LogP contribution in [0.1, 0.15) is 35.8 Å². The predicted molar refractivity (Wildman–Crippen MR) is 86.9 cm³/mol. The van der Waals surface area contributed by atoms with Gasteiger partial charge in [0.05, 0.1) is 0 Å². The van der Waals surface area contributed by atoms with E-state index in [4.69, 9.17) is 0 Å². The van der Waals surface area contributed by atoms with E-state index >= 15 is 0 Å². The Bertz CT molecular complexity index is 708. The van der Waals surface area contributed by atoms with Crippen LogP contribution in [0, 0.1) is 13.8 Å². The van der Waals surface area contributed by atoms with Gasteiger partial charge in [0.15, 0.2) is 0 Å². The minimum absolute atomic E-state index is 0.00892. The van der Waals surface area contributed by atoms with Gasteiger partial charge in [-0.05, 0) is 32.3 Å². The fourth-order valence-electron chi connectivity index (χ4n) is 3.43. The summed E-state index contributed by atoms with van der Waals surface area (Å²) < 4.78 is 3.30. The van der Waals surface area contributed by atoms with Crippen LogP contribution in [0.2, 0.25) is 0 Å². The van der Waals surface area contributed by atoms with E-state index in [1.54, 1.807) is 7.05 Å². The highest BCUT2D eigenvalue weighted by atomic mass is 16.2. The van der Waals surface area contributed by atoms with Gasteiger partial charge in [0.2, 0.25) is 0 Å². The predicted octanol–water partition coefficient (Wildman–Crippen LogP) is 2.04. The van der Waals surface area contributed by atoms with Crippen molar-refractivity contribution in [3.63, 3.8) is 0 Å². The molecule has 5 heteroatoms. The fraction of sp³-hybridized carbons (Fsp3) is 0.529. The summed E-state index contributed by atoms with van der Waals surface area (Å²) in [6, 6.07) is 8.98. The lowest BCUT2D eigenvalue weighted by atomic mass is 10.0. The van der Waals surface area contributed by atoms with Crippen molar-refractivity contribution < 1.29 is 0 Å². The summed E-state index contributed by atoms with van der Waals surface area (Å²) in [6.45, 7) is 7.10. The molecule has 1 saturated heterocycles. The van der Waals surface area contributed by atoms with Crippen molar-refractivity contribution in [1.29, 1.82) is 0 Å². The summed E-state index contributed by atoms with van der Waals surface area (Å²) in [7, 11) is 1.72. The molecule has 2 aromatic rings. The molecule has 0 saturated carbocycles. The van der Waals surface area contributed by atoms with E-state index in [1.165, 1.54) is 15.8 Å². The first-order valence-corrected chi connectivity index (χ1v) is 7.94. The molecule has 0 N–H and O–H groups in total. The van der Waals surface area contributed by atoms with Gasteiger partial charge in [0.25, 0.3) is 0 Å². The van der Waals surface area contributed by atoms with Crippen LogP contribution in [0.5, 0.6) is 0 Å². The number of rotatable bonds is 3. The summed E-state index contributed by atoms with van der Waals surface area (Å²) >= 11 is 0. The standard InChI is InChI=1S/C17H24N4O/c1-13-5-4-6-15(11-13)12-20-9-7-16(8-10-20)21-14(2)18-19(3)17(21)22/h4-6,11,16H,7-10,12H2,1-3H3. The van der Waals surface area contributed by atoms with Crippen molar-refractivity contribution >= 4 is 0 Å². The molecule has 22 heavy (non-hydrogen) atoms. The monoisotopic (exact) mass is 300 g/mol. The van der Waals surface area contributed by atoms with Crippen LogP contribution in [0.25, 0.3) is 0 Å². The van der Waals surface area contributed by atoms with Gasteiger partial charge < -0.3 is 0 Å². The highest BCUT2D eigenvalue weighted by Crippen LogP contribution is 2.23. The Hall–Kier alpha value is -1.88. The molecule has 0 amide bonds. The van der Waals surface area contributed by atoms with E-state index < -0.39 is 0 Å². The van der Waals surface area contributed by atoms with E-state index in [9.17, 15) is 4.79 Å². The first kappa shape index (κ1) is 15.0. The lowest BCUT2D eigenvalue weighted by Gasteiger charge is -2.32. The molecule has 1 aliphatic rings. The summed E-state index contributed by atoms with van der Waals surface area (Å²) in [6.07, 6.45) is 2.02. The Morgan fingerprint density at radius 3 is 2.55 bits per heavy atom. The highest BCUT2D eigenvalue weighted by Gasteiger charge is 2.24. The van der Waals surface area contributed by atoms with Crippen molar-refractivity contribution in [3.05, 3.63) is 51.7 Å². The second-order valence-corrected chi connectivity index (χ2v) is 6.32. The van der Waals surface area contributed by atoms with Gasteiger partial charge in [-0.2, -0.15) is 5.10 Å². The SMILES string of the molecule is Cc1cccc(CN2CCC(n3c(C)nn(C)c3=O)CC2)c1. The number of hydrogen-bond acceptors (Lipinski definition) is 3. The van der Waals surface area contributed by atoms with E-state index in [0.29, 0.717) is 0 Å². The Kier molecular flexibility index (Phi) is 4.16. The van der Waals surface area contributed by atoms with Crippen LogP contribution in [0.3, 0.4) is 0 Å². The maximum Gasteiger partial charge on any atom is 0.345 e. The minimum atomic E-state index is 0.00892. The number of nitrogens with zero attached hydrogens (tertiary/aromatic N) is 4. The lowest BCUT2D eigenvalue weighted by Crippen LogP contribution is -2.37. The molecular weight excluding hydrogens is 276 g/mol. The third kappa shape index (κ3) is 2.99. The third-order valence-electron chi connectivity index (χ3n) is 4.54. The fourth-order valence-corrected chi connectivity index (χ4v) is 3.43. The molecule has 0 unspecified atom stereocenters. The van der Waals surface area contributed by atoms with E-state index in [1.807, 2.05) is 11.5 Å². The molecule has 0 bridgehead atoms. The number of piperidine rings is 1. The highest BCUT2D eigenvalue weighted by molar-refractivity contribution is 5.22. The van der Waals surface area contributed by atoms with E-state index in [0.717, 1.165) is 38.3 Å². The summed E-state index contributed by atoms with van der Waals surface area (Å²) in [4.78, 5) is 14.6. The van der Waals surface area contributed by atoms with Crippen LogP contribution >= 0.6 is 0 Å². The number of benzene rings is 1. The summed E-state index contributed by atoms with van der Waals surface area (Å²) in [5.74, 6) is 0.824. The van der Waals surface area contributed by atoms with Gasteiger partial charge in [-0.1, -0.05) is 29.8 Å². The molecule has 1 aromatic heterocycles. The number of aryl methyl sites for hydroxylation is 3. The largest absolute Gasteiger partial charge is 0.345 e. The van der Waals surface area contributed by atoms with Gasteiger partial charge in [-0.25, -0.2) is 9.48 Å². The molecule has 3 rings (SSSR count). The Balaban J connectivity index is 1.64. The van der Waals surface area contributed by atoms with Crippen molar-refractivity contribution in [2.75, 3.05) is 13.1 Å². The molecule has 5 nitrogen and oxygen atoms in total. The first-order valence-electron chi connectivity index (χ1n) is 7.94.